The Morgan fingerprint density at radius 3 is 3.14 bits per heavy atom. The number of hydrogen-bond acceptors (Lipinski definition) is 5. The highest BCUT2D eigenvalue weighted by molar-refractivity contribution is 7.09. The van der Waals surface area contributed by atoms with E-state index in [1.165, 1.54) is 12.8 Å². The summed E-state index contributed by atoms with van der Waals surface area (Å²) in [4.78, 5) is 4.73. The molecule has 1 atom stereocenters. The van der Waals surface area contributed by atoms with Gasteiger partial charge in [0, 0.05) is 37.1 Å². The van der Waals surface area contributed by atoms with E-state index in [0.717, 1.165) is 48.1 Å². The first-order valence-corrected chi connectivity index (χ1v) is 8.65. The molecule has 1 aliphatic rings. The van der Waals surface area contributed by atoms with Crippen LogP contribution < -0.4 is 10.1 Å². The molecular formula is C17H22N2O2S. The highest BCUT2D eigenvalue weighted by atomic mass is 32.1. The first kappa shape index (κ1) is 15.5. The fraction of sp³-hybridized carbons (Fsp3) is 0.471. The lowest BCUT2D eigenvalue weighted by Gasteiger charge is -2.09. The van der Waals surface area contributed by atoms with Crippen molar-refractivity contribution in [1.29, 1.82) is 0 Å². The predicted molar refractivity (Wildman–Crippen MR) is 89.6 cm³/mol. The fourth-order valence-corrected chi connectivity index (χ4v) is 3.47. The number of benzene rings is 1. The third kappa shape index (κ3) is 3.85. The van der Waals surface area contributed by atoms with Gasteiger partial charge in [-0.25, -0.2) is 4.98 Å². The number of rotatable bonds is 7. The highest BCUT2D eigenvalue weighted by Gasteiger charge is 2.14. The quantitative estimate of drug-likeness (QED) is 0.797. The van der Waals surface area contributed by atoms with Gasteiger partial charge in [-0.15, -0.1) is 11.3 Å². The second-order valence-corrected chi connectivity index (χ2v) is 6.36. The summed E-state index contributed by atoms with van der Waals surface area (Å²) >= 11 is 1.71. The second kappa shape index (κ2) is 7.72. The summed E-state index contributed by atoms with van der Waals surface area (Å²) in [5, 5.41) is 6.72. The zero-order chi connectivity index (χ0) is 15.2. The van der Waals surface area contributed by atoms with Crippen molar-refractivity contribution in [3.8, 4) is 17.0 Å². The van der Waals surface area contributed by atoms with Gasteiger partial charge in [0.15, 0.2) is 0 Å². The highest BCUT2D eigenvalue weighted by Crippen LogP contribution is 2.30. The molecule has 0 bridgehead atoms. The number of thiazole rings is 1. The Bertz CT molecular complexity index is 594. The third-order valence-electron chi connectivity index (χ3n) is 3.85. The SMILES string of the molecule is COc1ccccc1-c1csc(CCNCC2CCCO2)n1. The molecule has 0 aliphatic carbocycles. The lowest BCUT2D eigenvalue weighted by Crippen LogP contribution is -2.27. The van der Waals surface area contributed by atoms with Gasteiger partial charge in [-0.1, -0.05) is 12.1 Å². The smallest absolute Gasteiger partial charge is 0.128 e. The monoisotopic (exact) mass is 318 g/mol. The van der Waals surface area contributed by atoms with E-state index in [1.54, 1.807) is 18.4 Å². The Morgan fingerprint density at radius 2 is 2.32 bits per heavy atom. The summed E-state index contributed by atoms with van der Waals surface area (Å²) < 4.78 is 11.0. The van der Waals surface area contributed by atoms with Gasteiger partial charge < -0.3 is 14.8 Å². The van der Waals surface area contributed by atoms with Crippen molar-refractivity contribution in [2.45, 2.75) is 25.4 Å². The standard InChI is InChI=1S/C17H22N2O2S/c1-20-16-7-3-2-6-14(16)15-12-22-17(19-15)8-9-18-11-13-5-4-10-21-13/h2-3,6-7,12-13,18H,4-5,8-11H2,1H3. The number of para-hydroxylation sites is 1. The molecule has 1 aromatic heterocycles. The van der Waals surface area contributed by atoms with E-state index in [9.17, 15) is 0 Å². The van der Waals surface area contributed by atoms with Crippen LogP contribution in [0.2, 0.25) is 0 Å². The van der Waals surface area contributed by atoms with Gasteiger partial charge in [-0.3, -0.25) is 0 Å². The molecular weight excluding hydrogens is 296 g/mol. The first-order chi connectivity index (χ1) is 10.9. The van der Waals surface area contributed by atoms with Gasteiger partial charge in [-0.05, 0) is 25.0 Å². The van der Waals surface area contributed by atoms with E-state index in [4.69, 9.17) is 14.5 Å². The van der Waals surface area contributed by atoms with Crippen LogP contribution in [0.25, 0.3) is 11.3 Å². The number of methoxy groups -OCH3 is 1. The van der Waals surface area contributed by atoms with Crippen LogP contribution in [0.15, 0.2) is 29.6 Å². The maximum atomic E-state index is 5.60. The maximum absolute atomic E-state index is 5.60. The number of nitrogens with zero attached hydrogens (tertiary/aromatic N) is 1. The minimum absolute atomic E-state index is 0.403. The molecule has 2 heterocycles. The van der Waals surface area contributed by atoms with E-state index < -0.39 is 0 Å². The van der Waals surface area contributed by atoms with Gasteiger partial charge in [-0.2, -0.15) is 0 Å². The zero-order valence-electron chi connectivity index (χ0n) is 12.9. The van der Waals surface area contributed by atoms with Crippen molar-refractivity contribution >= 4 is 11.3 Å². The Morgan fingerprint density at radius 1 is 1.41 bits per heavy atom. The minimum atomic E-state index is 0.403. The molecule has 0 spiro atoms. The normalized spacial score (nSPS) is 17.8. The first-order valence-electron chi connectivity index (χ1n) is 7.77. The lowest BCUT2D eigenvalue weighted by atomic mass is 10.1. The molecule has 1 unspecified atom stereocenters. The summed E-state index contributed by atoms with van der Waals surface area (Å²) in [7, 11) is 1.70. The van der Waals surface area contributed by atoms with E-state index in [-0.39, 0.29) is 0 Å². The third-order valence-corrected chi connectivity index (χ3v) is 4.75. The minimum Gasteiger partial charge on any atom is -0.496 e. The van der Waals surface area contributed by atoms with Crippen LogP contribution in [-0.4, -0.2) is 37.9 Å². The van der Waals surface area contributed by atoms with Crippen molar-refractivity contribution in [2.75, 3.05) is 26.8 Å². The molecule has 1 aromatic carbocycles. The Labute approximate surface area is 135 Å². The van der Waals surface area contributed by atoms with Crippen molar-refractivity contribution in [1.82, 2.24) is 10.3 Å². The Kier molecular flexibility index (Phi) is 5.43. The van der Waals surface area contributed by atoms with Crippen LogP contribution in [0, 0.1) is 0 Å². The average Bonchev–Trinajstić information content (AvgIpc) is 3.23. The van der Waals surface area contributed by atoms with Gasteiger partial charge in [0.25, 0.3) is 0 Å². The van der Waals surface area contributed by atoms with Crippen molar-refractivity contribution in [2.24, 2.45) is 0 Å². The molecule has 22 heavy (non-hydrogen) atoms. The van der Waals surface area contributed by atoms with Gasteiger partial charge in [0.1, 0.15) is 5.75 Å². The molecule has 5 heteroatoms. The number of hydrogen-bond donors (Lipinski definition) is 1. The van der Waals surface area contributed by atoms with Crippen LogP contribution in [0.4, 0.5) is 0 Å². The molecule has 0 radical (unpaired) electrons. The maximum Gasteiger partial charge on any atom is 0.128 e. The molecule has 1 saturated heterocycles. The van der Waals surface area contributed by atoms with Crippen molar-refractivity contribution in [3.63, 3.8) is 0 Å². The second-order valence-electron chi connectivity index (χ2n) is 5.42. The number of nitrogens with one attached hydrogen (secondary N) is 1. The van der Waals surface area contributed by atoms with E-state index >= 15 is 0 Å². The molecule has 3 rings (SSSR count). The molecule has 1 aliphatic heterocycles. The van der Waals surface area contributed by atoms with Crippen LogP contribution in [-0.2, 0) is 11.2 Å². The van der Waals surface area contributed by atoms with Gasteiger partial charge in [0.05, 0.1) is 23.9 Å². The molecule has 1 fully saturated rings. The van der Waals surface area contributed by atoms with Crippen molar-refractivity contribution < 1.29 is 9.47 Å². The summed E-state index contributed by atoms with van der Waals surface area (Å²) in [6.07, 6.45) is 3.73. The summed E-state index contributed by atoms with van der Waals surface area (Å²) in [6, 6.07) is 8.01. The van der Waals surface area contributed by atoms with Crippen LogP contribution >= 0.6 is 11.3 Å². The molecule has 118 valence electrons. The topological polar surface area (TPSA) is 43.4 Å². The molecule has 1 N–H and O–H groups in total. The zero-order valence-corrected chi connectivity index (χ0v) is 13.7. The van der Waals surface area contributed by atoms with Crippen LogP contribution in [0.5, 0.6) is 5.75 Å². The number of ether oxygens (including phenoxy) is 2. The van der Waals surface area contributed by atoms with Gasteiger partial charge >= 0.3 is 0 Å². The van der Waals surface area contributed by atoms with E-state index in [1.807, 2.05) is 24.3 Å². The number of aromatic nitrogens is 1. The van der Waals surface area contributed by atoms with Crippen molar-refractivity contribution in [3.05, 3.63) is 34.7 Å². The predicted octanol–water partition coefficient (Wildman–Crippen LogP) is 3.13. The van der Waals surface area contributed by atoms with Crippen LogP contribution in [0.1, 0.15) is 17.8 Å². The summed E-state index contributed by atoms with van der Waals surface area (Å²) in [5.41, 5.74) is 2.05. The average molecular weight is 318 g/mol. The summed E-state index contributed by atoms with van der Waals surface area (Å²) in [5.74, 6) is 0.871. The van der Waals surface area contributed by atoms with E-state index in [2.05, 4.69) is 10.7 Å². The Hall–Kier alpha value is -1.43. The molecule has 2 aromatic rings. The Balaban J connectivity index is 1.52. The molecule has 0 amide bonds. The fourth-order valence-electron chi connectivity index (χ4n) is 2.67. The summed E-state index contributed by atoms with van der Waals surface area (Å²) in [6.45, 7) is 2.81. The largest absolute Gasteiger partial charge is 0.496 e. The molecule has 4 nitrogen and oxygen atoms in total. The lowest BCUT2D eigenvalue weighted by molar-refractivity contribution is 0.110. The molecule has 0 saturated carbocycles. The van der Waals surface area contributed by atoms with Crippen LogP contribution in [0.3, 0.4) is 0 Å². The van der Waals surface area contributed by atoms with E-state index in [0.29, 0.717) is 6.10 Å². The van der Waals surface area contributed by atoms with Gasteiger partial charge in [0.2, 0.25) is 0 Å².